The molecule has 0 atom stereocenters. The van der Waals surface area contributed by atoms with Gasteiger partial charge in [0.2, 0.25) is 5.91 Å². The zero-order valence-corrected chi connectivity index (χ0v) is 18.8. The van der Waals surface area contributed by atoms with Crippen LogP contribution in [0.15, 0.2) is 66.1 Å². The predicted octanol–water partition coefficient (Wildman–Crippen LogP) is 4.70. The van der Waals surface area contributed by atoms with Crippen molar-refractivity contribution in [2.24, 2.45) is 0 Å². The zero-order chi connectivity index (χ0) is 22.2. The number of hydrogen-bond acceptors (Lipinski definition) is 5. The number of carbonyl (C=O) groups is 1. The summed E-state index contributed by atoms with van der Waals surface area (Å²) >= 11 is 1.35. The van der Waals surface area contributed by atoms with Crippen LogP contribution >= 0.6 is 11.8 Å². The lowest BCUT2D eigenvalue weighted by Gasteiger charge is -2.05. The van der Waals surface area contributed by atoms with Gasteiger partial charge in [-0.2, -0.15) is 5.10 Å². The van der Waals surface area contributed by atoms with Crippen molar-refractivity contribution in [2.75, 3.05) is 11.1 Å². The Morgan fingerprint density at radius 2 is 1.75 bits per heavy atom. The first-order valence-corrected chi connectivity index (χ1v) is 11.3. The number of benzene rings is 2. The molecule has 0 bridgehead atoms. The van der Waals surface area contributed by atoms with Gasteiger partial charge in [0, 0.05) is 23.6 Å². The second-order valence-electron chi connectivity index (χ2n) is 7.85. The lowest BCUT2D eigenvalue weighted by molar-refractivity contribution is -0.113. The maximum atomic E-state index is 12.4. The Morgan fingerprint density at radius 1 is 0.969 bits per heavy atom. The second-order valence-corrected chi connectivity index (χ2v) is 8.80. The Kier molecular flexibility index (Phi) is 5.14. The van der Waals surface area contributed by atoms with Gasteiger partial charge in [0.1, 0.15) is 5.52 Å². The Morgan fingerprint density at radius 3 is 2.56 bits per heavy atom. The molecule has 0 aliphatic heterocycles. The quantitative estimate of drug-likeness (QED) is 0.399. The van der Waals surface area contributed by atoms with Crippen LogP contribution < -0.4 is 5.32 Å². The normalized spacial score (nSPS) is 11.3. The highest BCUT2D eigenvalue weighted by atomic mass is 32.2. The number of fused-ring (bicyclic) bond motifs is 3. The van der Waals surface area contributed by atoms with Crippen molar-refractivity contribution in [2.45, 2.75) is 25.9 Å². The first-order valence-electron chi connectivity index (χ1n) is 10.3. The van der Waals surface area contributed by atoms with Crippen LogP contribution in [0.4, 0.5) is 5.69 Å². The van der Waals surface area contributed by atoms with Gasteiger partial charge in [0.15, 0.2) is 10.8 Å². The second kappa shape index (κ2) is 8.12. The lowest BCUT2D eigenvalue weighted by Crippen LogP contribution is -2.14. The van der Waals surface area contributed by atoms with E-state index in [9.17, 15) is 4.79 Å². The Hall–Kier alpha value is -3.65. The van der Waals surface area contributed by atoms with Gasteiger partial charge in [-0.05, 0) is 50.6 Å². The first-order chi connectivity index (χ1) is 15.5. The summed E-state index contributed by atoms with van der Waals surface area (Å²) in [6, 6.07) is 16.1. The van der Waals surface area contributed by atoms with Gasteiger partial charge in [-0.15, -0.1) is 10.2 Å². The summed E-state index contributed by atoms with van der Waals surface area (Å²) in [7, 11) is 0. The molecule has 0 radical (unpaired) electrons. The van der Waals surface area contributed by atoms with Crippen LogP contribution in [0.25, 0.3) is 22.4 Å². The van der Waals surface area contributed by atoms with E-state index >= 15 is 0 Å². The van der Waals surface area contributed by atoms with Gasteiger partial charge < -0.3 is 5.32 Å². The highest BCUT2D eigenvalue weighted by Crippen LogP contribution is 2.27. The van der Waals surface area contributed by atoms with Gasteiger partial charge in [-0.1, -0.05) is 47.2 Å². The molecule has 3 aromatic heterocycles. The average Bonchev–Trinajstić information content (AvgIpc) is 3.39. The fraction of sp³-hybridized carbons (Fsp3) is 0.167. The van der Waals surface area contributed by atoms with Gasteiger partial charge in [-0.3, -0.25) is 9.20 Å². The molecule has 2 aromatic carbocycles. The molecule has 0 saturated heterocycles. The third-order valence-electron chi connectivity index (χ3n) is 5.32. The predicted molar refractivity (Wildman–Crippen MR) is 127 cm³/mol. The Labute approximate surface area is 189 Å². The van der Waals surface area contributed by atoms with E-state index in [0.717, 1.165) is 28.0 Å². The maximum Gasteiger partial charge on any atom is 0.234 e. The monoisotopic (exact) mass is 442 g/mol. The molecule has 160 valence electrons. The molecule has 0 spiro atoms. The van der Waals surface area contributed by atoms with Gasteiger partial charge in [-0.25, -0.2) is 4.52 Å². The molecule has 0 saturated carbocycles. The number of thioether (sulfide) groups is 1. The standard InChI is InChI=1S/C24H22N6OS/c1-15-5-8-18(9-6-15)25-22(31)14-32-24-27-26-23-21-13-20(28-30(21)11-10-29(23)24)19-12-16(2)4-7-17(19)3/h4-13H,14H2,1-3H3,(H,25,31). The smallest absolute Gasteiger partial charge is 0.234 e. The van der Waals surface area contributed by atoms with Crippen LogP contribution in [0.5, 0.6) is 0 Å². The molecule has 5 aromatic rings. The molecule has 8 heteroatoms. The molecule has 0 fully saturated rings. The summed E-state index contributed by atoms with van der Waals surface area (Å²) in [5.74, 6) is 0.158. The average molecular weight is 443 g/mol. The number of carbonyl (C=O) groups excluding carboxylic acids is 1. The molecule has 1 N–H and O–H groups in total. The summed E-state index contributed by atoms with van der Waals surface area (Å²) in [5, 5.41) is 17.0. The summed E-state index contributed by atoms with van der Waals surface area (Å²) in [5.41, 5.74) is 7.88. The molecule has 32 heavy (non-hydrogen) atoms. The Balaban J connectivity index is 1.39. The van der Waals surface area contributed by atoms with Crippen molar-refractivity contribution < 1.29 is 4.79 Å². The third kappa shape index (κ3) is 3.85. The molecule has 0 aliphatic carbocycles. The number of nitrogens with zero attached hydrogens (tertiary/aromatic N) is 5. The van der Waals surface area contributed by atoms with Crippen molar-refractivity contribution in [1.29, 1.82) is 0 Å². The van der Waals surface area contributed by atoms with E-state index in [0.29, 0.717) is 10.8 Å². The fourth-order valence-corrected chi connectivity index (χ4v) is 4.31. The van der Waals surface area contributed by atoms with Crippen molar-refractivity contribution >= 4 is 34.5 Å². The number of hydrogen-bond donors (Lipinski definition) is 1. The highest BCUT2D eigenvalue weighted by molar-refractivity contribution is 7.99. The van der Waals surface area contributed by atoms with Crippen molar-refractivity contribution in [3.8, 4) is 11.3 Å². The van der Waals surface area contributed by atoms with Crippen LogP contribution in [0.2, 0.25) is 0 Å². The van der Waals surface area contributed by atoms with Crippen molar-refractivity contribution in [1.82, 2.24) is 24.2 Å². The molecular formula is C24H22N6OS. The van der Waals surface area contributed by atoms with E-state index in [4.69, 9.17) is 5.10 Å². The fourth-order valence-electron chi connectivity index (χ4n) is 3.60. The number of anilines is 1. The van der Waals surface area contributed by atoms with E-state index in [1.54, 1.807) is 0 Å². The lowest BCUT2D eigenvalue weighted by atomic mass is 10.0. The summed E-state index contributed by atoms with van der Waals surface area (Å²) in [6.07, 6.45) is 3.76. The Bertz CT molecular complexity index is 1450. The minimum absolute atomic E-state index is 0.0850. The maximum absolute atomic E-state index is 12.4. The van der Waals surface area contributed by atoms with E-state index in [1.807, 2.05) is 58.6 Å². The third-order valence-corrected chi connectivity index (χ3v) is 6.27. The van der Waals surface area contributed by atoms with Crippen LogP contribution in [0.3, 0.4) is 0 Å². The highest BCUT2D eigenvalue weighted by Gasteiger charge is 2.15. The number of aryl methyl sites for hydroxylation is 3. The molecule has 5 rings (SSSR count). The van der Waals surface area contributed by atoms with Gasteiger partial charge in [0.05, 0.1) is 11.4 Å². The topological polar surface area (TPSA) is 76.6 Å². The van der Waals surface area contributed by atoms with Crippen molar-refractivity contribution in [3.63, 3.8) is 0 Å². The molecule has 0 unspecified atom stereocenters. The van der Waals surface area contributed by atoms with Crippen LogP contribution in [-0.2, 0) is 4.79 Å². The molecule has 0 aliphatic rings. The SMILES string of the molecule is Cc1ccc(NC(=O)CSc2nnc3c4cc(-c5cc(C)ccc5C)nn4ccn23)cc1. The van der Waals surface area contributed by atoms with Crippen LogP contribution in [0.1, 0.15) is 16.7 Å². The van der Waals surface area contributed by atoms with Gasteiger partial charge >= 0.3 is 0 Å². The largest absolute Gasteiger partial charge is 0.325 e. The summed E-state index contributed by atoms with van der Waals surface area (Å²) in [4.78, 5) is 12.4. The number of amides is 1. The minimum atomic E-state index is -0.0850. The van der Waals surface area contributed by atoms with E-state index in [2.05, 4.69) is 47.6 Å². The van der Waals surface area contributed by atoms with Crippen molar-refractivity contribution in [3.05, 3.63) is 77.6 Å². The van der Waals surface area contributed by atoms with E-state index in [-0.39, 0.29) is 11.7 Å². The summed E-state index contributed by atoms with van der Waals surface area (Å²) < 4.78 is 3.72. The number of aromatic nitrogens is 5. The number of nitrogens with one attached hydrogen (secondary N) is 1. The molecular weight excluding hydrogens is 420 g/mol. The molecule has 3 heterocycles. The minimum Gasteiger partial charge on any atom is -0.325 e. The van der Waals surface area contributed by atoms with E-state index < -0.39 is 0 Å². The molecule has 7 nitrogen and oxygen atoms in total. The van der Waals surface area contributed by atoms with E-state index in [1.165, 1.54) is 22.9 Å². The first kappa shape index (κ1) is 20.3. The number of rotatable bonds is 5. The van der Waals surface area contributed by atoms with Crippen LogP contribution in [-0.4, -0.2) is 35.9 Å². The van der Waals surface area contributed by atoms with Crippen LogP contribution in [0, 0.1) is 20.8 Å². The van der Waals surface area contributed by atoms with Gasteiger partial charge in [0.25, 0.3) is 0 Å². The zero-order valence-electron chi connectivity index (χ0n) is 18.0. The molecule has 1 amide bonds. The summed E-state index contributed by atoms with van der Waals surface area (Å²) in [6.45, 7) is 6.18.